The average Bonchev–Trinajstić information content (AvgIpc) is 2.77. The third kappa shape index (κ3) is 3.77. The summed E-state index contributed by atoms with van der Waals surface area (Å²) < 4.78 is 9.85. The fraction of sp³-hybridized carbons (Fsp3) is 0.900. The molecule has 0 saturated carbocycles. The molecule has 0 aromatic carbocycles. The summed E-state index contributed by atoms with van der Waals surface area (Å²) in [6.07, 6.45) is 1.68. The molecular weight excluding hydrogens is 196 g/mol. The summed E-state index contributed by atoms with van der Waals surface area (Å²) in [4.78, 5) is 13.2. The van der Waals surface area contributed by atoms with E-state index in [-0.39, 0.29) is 5.97 Å². The first-order valence-electron chi connectivity index (χ1n) is 5.26. The minimum Gasteiger partial charge on any atom is -0.468 e. The monoisotopic (exact) mass is 216 g/mol. The standard InChI is InChI=1S/C10H20N2O3/c1-12(8-4-6-15-7-8)5-3-9(11)10(13)14-2/h8-9H,3-7,11H2,1-2H3. The van der Waals surface area contributed by atoms with Gasteiger partial charge in [0.25, 0.3) is 0 Å². The first-order valence-corrected chi connectivity index (χ1v) is 5.26. The molecule has 2 N–H and O–H groups in total. The van der Waals surface area contributed by atoms with Crippen LogP contribution in [0.1, 0.15) is 12.8 Å². The molecule has 88 valence electrons. The van der Waals surface area contributed by atoms with Crippen LogP contribution in [0.5, 0.6) is 0 Å². The van der Waals surface area contributed by atoms with Gasteiger partial charge in [0.2, 0.25) is 0 Å². The lowest BCUT2D eigenvalue weighted by molar-refractivity contribution is -0.142. The third-order valence-corrected chi connectivity index (χ3v) is 2.83. The lowest BCUT2D eigenvalue weighted by Crippen LogP contribution is -2.39. The number of carbonyl (C=O) groups is 1. The van der Waals surface area contributed by atoms with E-state index < -0.39 is 6.04 Å². The van der Waals surface area contributed by atoms with Crippen molar-refractivity contribution >= 4 is 5.97 Å². The summed E-state index contributed by atoms with van der Waals surface area (Å²) in [5.74, 6) is -0.342. The highest BCUT2D eigenvalue weighted by Gasteiger charge is 2.21. The van der Waals surface area contributed by atoms with E-state index in [1.54, 1.807) is 0 Å². The summed E-state index contributed by atoms with van der Waals surface area (Å²) in [6.45, 7) is 2.41. The van der Waals surface area contributed by atoms with Gasteiger partial charge in [0.05, 0.1) is 13.7 Å². The van der Waals surface area contributed by atoms with E-state index in [4.69, 9.17) is 10.5 Å². The van der Waals surface area contributed by atoms with Crippen molar-refractivity contribution in [3.8, 4) is 0 Å². The van der Waals surface area contributed by atoms with E-state index >= 15 is 0 Å². The van der Waals surface area contributed by atoms with Gasteiger partial charge in [-0.05, 0) is 19.9 Å². The highest BCUT2D eigenvalue weighted by molar-refractivity contribution is 5.75. The number of hydrogen-bond acceptors (Lipinski definition) is 5. The zero-order chi connectivity index (χ0) is 11.3. The predicted molar refractivity (Wildman–Crippen MR) is 56.5 cm³/mol. The smallest absolute Gasteiger partial charge is 0.322 e. The van der Waals surface area contributed by atoms with Crippen LogP contribution in [-0.4, -0.2) is 56.9 Å². The van der Waals surface area contributed by atoms with Gasteiger partial charge in [-0.3, -0.25) is 4.79 Å². The van der Waals surface area contributed by atoms with Crippen LogP contribution < -0.4 is 5.73 Å². The average molecular weight is 216 g/mol. The third-order valence-electron chi connectivity index (χ3n) is 2.83. The van der Waals surface area contributed by atoms with E-state index in [1.807, 2.05) is 7.05 Å². The van der Waals surface area contributed by atoms with E-state index in [0.717, 1.165) is 26.2 Å². The molecule has 0 aromatic heterocycles. The number of rotatable bonds is 5. The quantitative estimate of drug-likeness (QED) is 0.633. The molecule has 0 aliphatic carbocycles. The molecular formula is C10H20N2O3. The molecule has 0 amide bonds. The molecule has 1 rings (SSSR count). The maximum absolute atomic E-state index is 11.1. The SMILES string of the molecule is COC(=O)C(N)CCN(C)C1CCOC1. The van der Waals surface area contributed by atoms with Crippen LogP contribution in [0.15, 0.2) is 0 Å². The zero-order valence-corrected chi connectivity index (χ0v) is 9.44. The van der Waals surface area contributed by atoms with Crippen LogP contribution in [-0.2, 0) is 14.3 Å². The second kappa shape index (κ2) is 6.05. The Labute approximate surface area is 90.5 Å². The van der Waals surface area contributed by atoms with Gasteiger partial charge in [-0.15, -0.1) is 0 Å². The molecule has 0 spiro atoms. The molecule has 15 heavy (non-hydrogen) atoms. The van der Waals surface area contributed by atoms with Crippen molar-refractivity contribution in [2.75, 3.05) is 33.9 Å². The number of methoxy groups -OCH3 is 1. The minimum absolute atomic E-state index is 0.342. The highest BCUT2D eigenvalue weighted by atomic mass is 16.5. The van der Waals surface area contributed by atoms with Gasteiger partial charge in [0.15, 0.2) is 0 Å². The van der Waals surface area contributed by atoms with Crippen molar-refractivity contribution in [3.63, 3.8) is 0 Å². The van der Waals surface area contributed by atoms with Crippen molar-refractivity contribution < 1.29 is 14.3 Å². The molecule has 5 nitrogen and oxygen atoms in total. The second-order valence-electron chi connectivity index (χ2n) is 3.92. The van der Waals surface area contributed by atoms with Crippen LogP contribution in [0.2, 0.25) is 0 Å². The van der Waals surface area contributed by atoms with Crippen LogP contribution >= 0.6 is 0 Å². The first-order chi connectivity index (χ1) is 7.15. The number of carbonyl (C=O) groups excluding carboxylic acids is 1. The lowest BCUT2D eigenvalue weighted by atomic mass is 10.2. The molecule has 5 heteroatoms. The molecule has 1 heterocycles. The first kappa shape index (κ1) is 12.4. The van der Waals surface area contributed by atoms with E-state index in [9.17, 15) is 4.79 Å². The molecule has 1 fully saturated rings. The Morgan fingerprint density at radius 1 is 1.73 bits per heavy atom. The summed E-state index contributed by atoms with van der Waals surface area (Å²) in [5.41, 5.74) is 5.64. The van der Waals surface area contributed by atoms with Gasteiger partial charge in [-0.1, -0.05) is 0 Å². The van der Waals surface area contributed by atoms with Gasteiger partial charge in [0, 0.05) is 19.2 Å². The van der Waals surface area contributed by atoms with Crippen LogP contribution in [0.25, 0.3) is 0 Å². The Bertz CT molecular complexity index is 205. The zero-order valence-electron chi connectivity index (χ0n) is 9.44. The van der Waals surface area contributed by atoms with Crippen molar-refractivity contribution in [3.05, 3.63) is 0 Å². The second-order valence-corrected chi connectivity index (χ2v) is 3.92. The van der Waals surface area contributed by atoms with Gasteiger partial charge in [0.1, 0.15) is 6.04 Å². The number of esters is 1. The predicted octanol–water partition coefficient (Wildman–Crippen LogP) is -0.402. The summed E-state index contributed by atoms with van der Waals surface area (Å²) in [6, 6.07) is -0.0466. The normalized spacial score (nSPS) is 23.1. The fourth-order valence-corrected chi connectivity index (χ4v) is 1.66. The Balaban J connectivity index is 2.20. The van der Waals surface area contributed by atoms with Crippen LogP contribution in [0, 0.1) is 0 Å². The maximum atomic E-state index is 11.1. The number of likely N-dealkylation sites (N-methyl/N-ethyl adjacent to an activating group) is 1. The Kier molecular flexibility index (Phi) is 5.01. The van der Waals surface area contributed by atoms with Gasteiger partial charge in [-0.2, -0.15) is 0 Å². The van der Waals surface area contributed by atoms with Crippen molar-refractivity contribution in [2.45, 2.75) is 24.9 Å². The number of nitrogens with zero attached hydrogens (tertiary/aromatic N) is 1. The van der Waals surface area contributed by atoms with E-state index in [1.165, 1.54) is 7.11 Å². The highest BCUT2D eigenvalue weighted by Crippen LogP contribution is 2.10. The van der Waals surface area contributed by atoms with Crippen LogP contribution in [0.4, 0.5) is 0 Å². The molecule has 0 radical (unpaired) electrons. The van der Waals surface area contributed by atoms with Gasteiger partial charge >= 0.3 is 5.97 Å². The molecule has 0 bridgehead atoms. The summed E-state index contributed by atoms with van der Waals surface area (Å²) in [7, 11) is 3.39. The molecule has 2 unspecified atom stereocenters. The maximum Gasteiger partial charge on any atom is 0.322 e. The van der Waals surface area contributed by atoms with Gasteiger partial charge in [-0.25, -0.2) is 0 Å². The molecule has 2 atom stereocenters. The number of hydrogen-bond donors (Lipinski definition) is 1. The van der Waals surface area contributed by atoms with E-state index in [0.29, 0.717) is 12.5 Å². The number of ether oxygens (including phenoxy) is 2. The molecule has 1 aliphatic rings. The van der Waals surface area contributed by atoms with Crippen molar-refractivity contribution in [2.24, 2.45) is 5.73 Å². The number of nitrogens with two attached hydrogens (primary N) is 1. The Morgan fingerprint density at radius 3 is 3.00 bits per heavy atom. The minimum atomic E-state index is -0.514. The fourth-order valence-electron chi connectivity index (χ4n) is 1.66. The summed E-state index contributed by atoms with van der Waals surface area (Å²) in [5, 5.41) is 0. The lowest BCUT2D eigenvalue weighted by Gasteiger charge is -2.23. The van der Waals surface area contributed by atoms with E-state index in [2.05, 4.69) is 9.64 Å². The molecule has 0 aromatic rings. The largest absolute Gasteiger partial charge is 0.468 e. The Hall–Kier alpha value is -0.650. The van der Waals surface area contributed by atoms with Crippen molar-refractivity contribution in [1.29, 1.82) is 0 Å². The van der Waals surface area contributed by atoms with Crippen LogP contribution in [0.3, 0.4) is 0 Å². The van der Waals surface area contributed by atoms with Crippen molar-refractivity contribution in [1.82, 2.24) is 4.90 Å². The topological polar surface area (TPSA) is 64.8 Å². The molecule has 1 aliphatic heterocycles. The summed E-state index contributed by atoms with van der Waals surface area (Å²) >= 11 is 0. The Morgan fingerprint density at radius 2 is 2.47 bits per heavy atom. The van der Waals surface area contributed by atoms with Gasteiger partial charge < -0.3 is 20.1 Å². The molecule has 1 saturated heterocycles.